The van der Waals surface area contributed by atoms with Crippen molar-refractivity contribution in [1.29, 1.82) is 0 Å². The highest BCUT2D eigenvalue weighted by atomic mass is 16.7. The number of carbonyl (C=O) groups excluding carboxylic acids is 1. The van der Waals surface area contributed by atoms with E-state index < -0.39 is 11.0 Å². The summed E-state index contributed by atoms with van der Waals surface area (Å²) >= 11 is 0. The molecule has 142 valence electrons. The van der Waals surface area contributed by atoms with E-state index in [0.717, 1.165) is 0 Å². The van der Waals surface area contributed by atoms with Crippen molar-refractivity contribution in [3.8, 4) is 17.2 Å². The SMILES string of the molecule is CC(=O)N[C@@H](c1ccc2c(c1)OCO2)c1cc([N+](=O)[O-])c2cccnc2c1O. The molecule has 0 spiro atoms. The van der Waals surface area contributed by atoms with Gasteiger partial charge in [-0.3, -0.25) is 19.9 Å². The van der Waals surface area contributed by atoms with E-state index in [1.54, 1.807) is 24.3 Å². The Kier molecular flexibility index (Phi) is 4.19. The van der Waals surface area contributed by atoms with Crippen LogP contribution in [0.25, 0.3) is 10.9 Å². The molecule has 1 aromatic heterocycles. The number of benzene rings is 2. The van der Waals surface area contributed by atoms with Crippen molar-refractivity contribution < 1.29 is 24.3 Å². The summed E-state index contributed by atoms with van der Waals surface area (Å²) < 4.78 is 10.7. The molecule has 1 aliphatic heterocycles. The molecule has 1 aliphatic rings. The molecule has 1 amide bonds. The number of rotatable bonds is 4. The van der Waals surface area contributed by atoms with Gasteiger partial charge in [0.25, 0.3) is 5.69 Å². The monoisotopic (exact) mass is 381 g/mol. The molecule has 2 aromatic carbocycles. The quantitative estimate of drug-likeness (QED) is 0.526. The van der Waals surface area contributed by atoms with Gasteiger partial charge in [0.1, 0.15) is 11.3 Å². The van der Waals surface area contributed by atoms with Crippen LogP contribution in [-0.4, -0.2) is 27.7 Å². The van der Waals surface area contributed by atoms with Crippen LogP contribution in [0, 0.1) is 10.1 Å². The molecule has 0 saturated carbocycles. The lowest BCUT2D eigenvalue weighted by molar-refractivity contribution is -0.383. The van der Waals surface area contributed by atoms with Crippen LogP contribution in [0.15, 0.2) is 42.6 Å². The van der Waals surface area contributed by atoms with Crippen LogP contribution in [-0.2, 0) is 4.79 Å². The number of amides is 1. The largest absolute Gasteiger partial charge is 0.505 e. The van der Waals surface area contributed by atoms with Crippen molar-refractivity contribution in [2.45, 2.75) is 13.0 Å². The normalized spacial score (nSPS) is 13.3. The number of nitrogens with zero attached hydrogens (tertiary/aromatic N) is 2. The fourth-order valence-corrected chi connectivity index (χ4v) is 3.24. The Balaban J connectivity index is 1.94. The minimum absolute atomic E-state index is 0.0835. The third-order valence-electron chi connectivity index (χ3n) is 4.46. The van der Waals surface area contributed by atoms with Crippen LogP contribution >= 0.6 is 0 Å². The number of nitro benzene ring substituents is 1. The highest BCUT2D eigenvalue weighted by molar-refractivity contribution is 5.93. The minimum atomic E-state index is -0.850. The van der Waals surface area contributed by atoms with Crippen LogP contribution in [0.3, 0.4) is 0 Å². The molecule has 9 heteroatoms. The molecule has 0 saturated heterocycles. The first kappa shape index (κ1) is 17.5. The van der Waals surface area contributed by atoms with Gasteiger partial charge in [-0.2, -0.15) is 0 Å². The van der Waals surface area contributed by atoms with Gasteiger partial charge in [0, 0.05) is 24.8 Å². The van der Waals surface area contributed by atoms with E-state index in [9.17, 15) is 20.0 Å². The maximum atomic E-state index is 11.8. The topological polar surface area (TPSA) is 124 Å². The van der Waals surface area contributed by atoms with Crippen molar-refractivity contribution in [1.82, 2.24) is 10.3 Å². The zero-order chi connectivity index (χ0) is 19.8. The molecular weight excluding hydrogens is 366 g/mol. The number of hydrogen-bond acceptors (Lipinski definition) is 7. The van der Waals surface area contributed by atoms with Gasteiger partial charge in [-0.15, -0.1) is 0 Å². The molecule has 2 N–H and O–H groups in total. The van der Waals surface area contributed by atoms with Gasteiger partial charge in [-0.1, -0.05) is 6.07 Å². The number of aromatic hydroxyl groups is 1. The predicted octanol–water partition coefficient (Wildman–Crippen LogP) is 2.80. The third kappa shape index (κ3) is 2.92. The van der Waals surface area contributed by atoms with Gasteiger partial charge >= 0.3 is 0 Å². The molecule has 0 radical (unpaired) electrons. The van der Waals surface area contributed by atoms with Gasteiger partial charge in [0.15, 0.2) is 11.5 Å². The second-order valence-corrected chi connectivity index (χ2v) is 6.24. The molecular formula is C19H15N3O6. The number of nitrogens with one attached hydrogen (secondary N) is 1. The molecule has 28 heavy (non-hydrogen) atoms. The predicted molar refractivity (Wildman–Crippen MR) is 98.3 cm³/mol. The smallest absolute Gasteiger partial charge is 0.279 e. The van der Waals surface area contributed by atoms with Crippen LogP contribution in [0.2, 0.25) is 0 Å². The third-order valence-corrected chi connectivity index (χ3v) is 4.46. The Hall–Kier alpha value is -3.88. The van der Waals surface area contributed by atoms with Crippen molar-refractivity contribution in [3.63, 3.8) is 0 Å². The molecule has 0 unspecified atom stereocenters. The Morgan fingerprint density at radius 2 is 2.07 bits per heavy atom. The number of fused-ring (bicyclic) bond motifs is 2. The van der Waals surface area contributed by atoms with E-state index in [-0.39, 0.29) is 40.6 Å². The van der Waals surface area contributed by atoms with Crippen molar-refractivity contribution in [3.05, 3.63) is 63.8 Å². The number of phenolic OH excluding ortho intramolecular Hbond substituents is 1. The summed E-state index contributed by atoms with van der Waals surface area (Å²) in [5.41, 5.74) is 0.598. The van der Waals surface area contributed by atoms with E-state index in [2.05, 4.69) is 10.3 Å². The van der Waals surface area contributed by atoms with Gasteiger partial charge in [-0.05, 0) is 29.8 Å². The standard InChI is InChI=1S/C19H15N3O6/c1-10(23)21-17(11-4-5-15-16(7-11)28-9-27-15)13-8-14(22(25)26)12-3-2-6-20-18(12)19(13)24/h2-8,17,24H,9H2,1H3,(H,21,23)/t17-/m0/s1. The molecule has 1 atom stereocenters. The maximum absolute atomic E-state index is 11.8. The van der Waals surface area contributed by atoms with Crippen molar-refractivity contribution >= 4 is 22.5 Å². The maximum Gasteiger partial charge on any atom is 0.279 e. The second kappa shape index (κ2) is 6.69. The summed E-state index contributed by atoms with van der Waals surface area (Å²) in [6.07, 6.45) is 1.43. The first-order chi connectivity index (χ1) is 13.5. The van der Waals surface area contributed by atoms with Gasteiger partial charge in [-0.25, -0.2) is 0 Å². The zero-order valence-corrected chi connectivity index (χ0v) is 14.7. The average Bonchev–Trinajstić information content (AvgIpc) is 3.14. The molecule has 9 nitrogen and oxygen atoms in total. The summed E-state index contributed by atoms with van der Waals surface area (Å²) in [5, 5.41) is 25.3. The summed E-state index contributed by atoms with van der Waals surface area (Å²) in [7, 11) is 0. The first-order valence-electron chi connectivity index (χ1n) is 8.37. The van der Waals surface area contributed by atoms with Gasteiger partial charge < -0.3 is 19.9 Å². The number of pyridine rings is 1. The number of ether oxygens (including phenoxy) is 2. The average molecular weight is 381 g/mol. The van der Waals surface area contributed by atoms with Gasteiger partial charge in [0.05, 0.1) is 16.4 Å². The molecule has 0 fully saturated rings. The fourth-order valence-electron chi connectivity index (χ4n) is 3.24. The summed E-state index contributed by atoms with van der Waals surface area (Å²) in [5.74, 6) is 0.435. The van der Waals surface area contributed by atoms with Crippen LogP contribution in [0.5, 0.6) is 17.2 Å². The van der Waals surface area contributed by atoms with E-state index in [1.807, 2.05) is 0 Å². The lowest BCUT2D eigenvalue weighted by Crippen LogP contribution is -2.27. The van der Waals surface area contributed by atoms with Crippen molar-refractivity contribution in [2.24, 2.45) is 0 Å². The summed E-state index contributed by atoms with van der Waals surface area (Å²) in [6, 6.07) is 8.51. The Morgan fingerprint density at radius 3 is 2.82 bits per heavy atom. The Labute approximate surface area is 158 Å². The molecule has 4 rings (SSSR count). The fraction of sp³-hybridized carbons (Fsp3) is 0.158. The van der Waals surface area contributed by atoms with Crippen LogP contribution in [0.4, 0.5) is 5.69 Å². The lowest BCUT2D eigenvalue weighted by atomic mass is 9.95. The Morgan fingerprint density at radius 1 is 1.29 bits per heavy atom. The number of hydrogen-bond donors (Lipinski definition) is 2. The number of carbonyl (C=O) groups is 1. The molecule has 0 bridgehead atoms. The lowest BCUT2D eigenvalue weighted by Gasteiger charge is -2.21. The van der Waals surface area contributed by atoms with E-state index in [1.165, 1.54) is 25.3 Å². The van der Waals surface area contributed by atoms with Crippen LogP contribution < -0.4 is 14.8 Å². The van der Waals surface area contributed by atoms with Gasteiger partial charge in [0.2, 0.25) is 12.7 Å². The van der Waals surface area contributed by atoms with Crippen LogP contribution in [0.1, 0.15) is 24.1 Å². The molecule has 2 heterocycles. The number of nitro groups is 1. The summed E-state index contributed by atoms with van der Waals surface area (Å²) in [4.78, 5) is 27.0. The highest BCUT2D eigenvalue weighted by Gasteiger charge is 2.27. The second-order valence-electron chi connectivity index (χ2n) is 6.24. The minimum Gasteiger partial charge on any atom is -0.505 e. The van der Waals surface area contributed by atoms with E-state index >= 15 is 0 Å². The molecule has 0 aliphatic carbocycles. The van der Waals surface area contributed by atoms with E-state index in [4.69, 9.17) is 9.47 Å². The number of aromatic nitrogens is 1. The van der Waals surface area contributed by atoms with Crippen molar-refractivity contribution in [2.75, 3.05) is 6.79 Å². The zero-order valence-electron chi connectivity index (χ0n) is 14.7. The van der Waals surface area contributed by atoms with E-state index in [0.29, 0.717) is 17.1 Å². The first-order valence-corrected chi connectivity index (χ1v) is 8.37. The summed E-state index contributed by atoms with van der Waals surface area (Å²) in [6.45, 7) is 1.41. The Bertz CT molecular complexity index is 1110. The molecule has 3 aromatic rings. The highest BCUT2D eigenvalue weighted by Crippen LogP contribution is 2.41. The number of phenols is 1. The number of non-ortho nitro benzene ring substituents is 1.